The Labute approximate surface area is 123 Å². The molecule has 3 rings (SSSR count). The number of fused-ring (bicyclic) bond motifs is 1. The van der Waals surface area contributed by atoms with Crippen LogP contribution in [0.4, 0.5) is 0 Å². The van der Waals surface area contributed by atoms with E-state index in [1.165, 1.54) is 17.5 Å². The van der Waals surface area contributed by atoms with Gasteiger partial charge in [0.05, 0.1) is 5.56 Å². The topological polar surface area (TPSA) is 37.3 Å². The minimum absolute atomic E-state index is 0.00524. The minimum Gasteiger partial charge on any atom is -0.507 e. The molecule has 21 heavy (non-hydrogen) atoms. The van der Waals surface area contributed by atoms with Crippen molar-refractivity contribution in [2.45, 2.75) is 0 Å². The van der Waals surface area contributed by atoms with Gasteiger partial charge in [0.25, 0.3) is 0 Å². The summed E-state index contributed by atoms with van der Waals surface area (Å²) in [6.45, 7) is 0. The Hall–Kier alpha value is -2.87. The van der Waals surface area contributed by atoms with Crippen LogP contribution in [0.3, 0.4) is 0 Å². The maximum Gasteiger partial charge on any atom is 0.189 e. The molecule has 0 aliphatic carbocycles. The molecule has 3 aromatic rings. The maximum atomic E-state index is 12.1. The number of allylic oxidation sites excluding steroid dienone is 1. The van der Waals surface area contributed by atoms with Gasteiger partial charge in [0.1, 0.15) is 5.75 Å². The van der Waals surface area contributed by atoms with Crippen LogP contribution in [0.5, 0.6) is 5.75 Å². The molecule has 0 bridgehead atoms. The van der Waals surface area contributed by atoms with E-state index in [2.05, 4.69) is 6.07 Å². The van der Waals surface area contributed by atoms with Gasteiger partial charge in [-0.2, -0.15) is 0 Å². The van der Waals surface area contributed by atoms with E-state index >= 15 is 0 Å². The molecule has 0 fully saturated rings. The average Bonchev–Trinajstić information content (AvgIpc) is 2.53. The first kappa shape index (κ1) is 13.1. The molecule has 0 aliphatic heterocycles. The molecule has 0 spiro atoms. The molecule has 0 aliphatic rings. The van der Waals surface area contributed by atoms with Crippen LogP contribution in [-0.4, -0.2) is 10.9 Å². The van der Waals surface area contributed by atoms with E-state index in [0.717, 1.165) is 10.9 Å². The summed E-state index contributed by atoms with van der Waals surface area (Å²) in [6, 6.07) is 20.7. The molecule has 0 radical (unpaired) electrons. The highest BCUT2D eigenvalue weighted by atomic mass is 16.3. The van der Waals surface area contributed by atoms with Crippen molar-refractivity contribution in [2.75, 3.05) is 0 Å². The van der Waals surface area contributed by atoms with Crippen molar-refractivity contribution in [1.82, 2.24) is 0 Å². The molecule has 0 saturated carbocycles. The summed E-state index contributed by atoms with van der Waals surface area (Å²) < 4.78 is 0. The SMILES string of the molecule is O=C(/C=C/c1ccc2ccccc2c1)c1ccccc1O. The van der Waals surface area contributed by atoms with E-state index in [-0.39, 0.29) is 11.5 Å². The van der Waals surface area contributed by atoms with E-state index in [9.17, 15) is 9.90 Å². The van der Waals surface area contributed by atoms with Crippen LogP contribution in [0.1, 0.15) is 15.9 Å². The molecule has 0 aromatic heterocycles. The molecule has 0 saturated heterocycles. The molecular formula is C19H14O2. The molecule has 3 aromatic carbocycles. The summed E-state index contributed by atoms with van der Waals surface area (Å²) in [5.41, 5.74) is 1.27. The second kappa shape index (κ2) is 5.63. The Morgan fingerprint density at radius 1 is 0.857 bits per heavy atom. The number of ketones is 1. The molecule has 1 N–H and O–H groups in total. The molecule has 2 nitrogen and oxygen atoms in total. The van der Waals surface area contributed by atoms with E-state index in [1.807, 2.05) is 36.4 Å². The monoisotopic (exact) mass is 274 g/mol. The van der Waals surface area contributed by atoms with Crippen molar-refractivity contribution in [2.24, 2.45) is 0 Å². The third-order valence-corrected chi connectivity index (χ3v) is 3.37. The largest absolute Gasteiger partial charge is 0.507 e. The molecule has 0 atom stereocenters. The van der Waals surface area contributed by atoms with Gasteiger partial charge in [-0.05, 0) is 40.6 Å². The zero-order valence-corrected chi connectivity index (χ0v) is 11.4. The summed E-state index contributed by atoms with van der Waals surface area (Å²) >= 11 is 0. The fourth-order valence-electron chi connectivity index (χ4n) is 2.26. The number of aromatic hydroxyl groups is 1. The van der Waals surface area contributed by atoms with Crippen LogP contribution in [-0.2, 0) is 0 Å². The van der Waals surface area contributed by atoms with Crippen molar-refractivity contribution in [3.8, 4) is 5.75 Å². The number of phenolic OH excluding ortho intramolecular Hbond substituents is 1. The van der Waals surface area contributed by atoms with E-state index in [1.54, 1.807) is 24.3 Å². The second-order valence-electron chi connectivity index (χ2n) is 4.82. The summed E-state index contributed by atoms with van der Waals surface area (Å²) in [7, 11) is 0. The number of carbonyl (C=O) groups excluding carboxylic acids is 1. The Bertz CT molecular complexity index is 832. The van der Waals surface area contributed by atoms with Crippen molar-refractivity contribution in [1.29, 1.82) is 0 Å². The van der Waals surface area contributed by atoms with Crippen LogP contribution in [0.2, 0.25) is 0 Å². The van der Waals surface area contributed by atoms with Crippen molar-refractivity contribution in [3.05, 3.63) is 83.9 Å². The van der Waals surface area contributed by atoms with Crippen LogP contribution in [0.15, 0.2) is 72.8 Å². The Morgan fingerprint density at radius 3 is 2.38 bits per heavy atom. The number of hydrogen-bond acceptors (Lipinski definition) is 2. The first-order valence-electron chi connectivity index (χ1n) is 6.73. The van der Waals surface area contributed by atoms with Gasteiger partial charge in [0, 0.05) is 0 Å². The number of hydrogen-bond donors (Lipinski definition) is 1. The standard InChI is InChI=1S/C19H14O2/c20-18-8-4-3-7-17(18)19(21)12-10-14-9-11-15-5-1-2-6-16(15)13-14/h1-13,20H/b12-10+. The number of phenols is 1. The molecule has 0 heterocycles. The third kappa shape index (κ3) is 2.84. The van der Waals surface area contributed by atoms with Crippen molar-refractivity contribution >= 4 is 22.6 Å². The van der Waals surface area contributed by atoms with Crippen LogP contribution < -0.4 is 0 Å². The lowest BCUT2D eigenvalue weighted by atomic mass is 10.1. The first-order valence-corrected chi connectivity index (χ1v) is 6.73. The first-order chi connectivity index (χ1) is 10.2. The normalized spacial score (nSPS) is 11.0. The smallest absolute Gasteiger partial charge is 0.189 e. The number of carbonyl (C=O) groups is 1. The molecule has 0 unspecified atom stereocenters. The predicted octanol–water partition coefficient (Wildman–Crippen LogP) is 4.44. The highest BCUT2D eigenvalue weighted by Crippen LogP contribution is 2.19. The lowest BCUT2D eigenvalue weighted by molar-refractivity contribution is 0.104. The zero-order chi connectivity index (χ0) is 14.7. The number of para-hydroxylation sites is 1. The lowest BCUT2D eigenvalue weighted by Crippen LogP contribution is -1.94. The maximum absolute atomic E-state index is 12.1. The fraction of sp³-hybridized carbons (Fsp3) is 0. The summed E-state index contributed by atoms with van der Waals surface area (Å²) in [5, 5.41) is 12.0. The van der Waals surface area contributed by atoms with Gasteiger partial charge in [-0.3, -0.25) is 4.79 Å². The molecule has 102 valence electrons. The Morgan fingerprint density at radius 2 is 1.57 bits per heavy atom. The fourth-order valence-corrected chi connectivity index (χ4v) is 2.26. The van der Waals surface area contributed by atoms with Gasteiger partial charge in [-0.15, -0.1) is 0 Å². The third-order valence-electron chi connectivity index (χ3n) is 3.37. The minimum atomic E-state index is -0.207. The van der Waals surface area contributed by atoms with Gasteiger partial charge in [-0.1, -0.05) is 54.6 Å². The van der Waals surface area contributed by atoms with Gasteiger partial charge >= 0.3 is 0 Å². The molecule has 0 amide bonds. The van der Waals surface area contributed by atoms with Gasteiger partial charge < -0.3 is 5.11 Å². The zero-order valence-electron chi connectivity index (χ0n) is 11.4. The van der Waals surface area contributed by atoms with E-state index in [0.29, 0.717) is 5.56 Å². The van der Waals surface area contributed by atoms with Crippen LogP contribution in [0, 0.1) is 0 Å². The molecule has 2 heteroatoms. The van der Waals surface area contributed by atoms with Gasteiger partial charge in [0.2, 0.25) is 0 Å². The lowest BCUT2D eigenvalue weighted by Gasteiger charge is -2.00. The predicted molar refractivity (Wildman–Crippen MR) is 85.4 cm³/mol. The molecular weight excluding hydrogens is 260 g/mol. The average molecular weight is 274 g/mol. The van der Waals surface area contributed by atoms with Gasteiger partial charge in [0.15, 0.2) is 5.78 Å². The van der Waals surface area contributed by atoms with Crippen molar-refractivity contribution in [3.63, 3.8) is 0 Å². The highest BCUT2D eigenvalue weighted by Gasteiger charge is 2.06. The summed E-state index contributed by atoms with van der Waals surface area (Å²) in [6.07, 6.45) is 3.25. The van der Waals surface area contributed by atoms with E-state index in [4.69, 9.17) is 0 Å². The summed E-state index contributed by atoms with van der Waals surface area (Å²) in [5.74, 6) is -0.202. The van der Waals surface area contributed by atoms with Gasteiger partial charge in [-0.25, -0.2) is 0 Å². The number of rotatable bonds is 3. The summed E-state index contributed by atoms with van der Waals surface area (Å²) in [4.78, 5) is 12.1. The Kier molecular flexibility index (Phi) is 3.52. The highest BCUT2D eigenvalue weighted by molar-refractivity contribution is 6.08. The number of benzene rings is 3. The van der Waals surface area contributed by atoms with Crippen molar-refractivity contribution < 1.29 is 9.90 Å². The quantitative estimate of drug-likeness (QED) is 0.566. The van der Waals surface area contributed by atoms with Crippen LogP contribution in [0.25, 0.3) is 16.8 Å². The second-order valence-corrected chi connectivity index (χ2v) is 4.82. The Balaban J connectivity index is 1.87. The van der Waals surface area contributed by atoms with Crippen LogP contribution >= 0.6 is 0 Å². The van der Waals surface area contributed by atoms with E-state index < -0.39 is 0 Å².